The molecule has 0 bridgehead atoms. The molecule has 3 amide bonds. The normalized spacial score (nSPS) is 13.1. The molecule has 0 saturated heterocycles. The quantitative estimate of drug-likeness (QED) is 0.0265. The summed E-state index contributed by atoms with van der Waals surface area (Å²) in [5.41, 5.74) is 5.96. The summed E-state index contributed by atoms with van der Waals surface area (Å²) in [6, 6.07) is 39.5. The number of unbranched alkanes of at least 4 members (excludes halogenated alkanes) is 1. The van der Waals surface area contributed by atoms with Crippen LogP contribution in [0.4, 0.5) is 9.59 Å². The molecule has 0 saturated carbocycles. The molecule has 0 radical (unpaired) electrons. The topological polar surface area (TPSA) is 132 Å². The molecule has 59 heavy (non-hydrogen) atoms. The zero-order valence-corrected chi connectivity index (χ0v) is 33.7. The first-order valence-electron chi connectivity index (χ1n) is 19.7. The van der Waals surface area contributed by atoms with Gasteiger partial charge in [0.05, 0.1) is 6.42 Å². The summed E-state index contributed by atoms with van der Waals surface area (Å²) in [7, 11) is 0. The van der Waals surface area contributed by atoms with Crippen LogP contribution in [0, 0.1) is 6.92 Å². The number of fused-ring (bicyclic) bond motifs is 3. The van der Waals surface area contributed by atoms with Crippen LogP contribution in [0.25, 0.3) is 11.1 Å². The van der Waals surface area contributed by atoms with Crippen molar-refractivity contribution in [2.45, 2.75) is 50.2 Å². The Morgan fingerprint density at radius 1 is 0.729 bits per heavy atom. The molecule has 2 atom stereocenters. The van der Waals surface area contributed by atoms with Crippen molar-refractivity contribution < 1.29 is 33.4 Å². The van der Waals surface area contributed by atoms with E-state index in [2.05, 4.69) is 34.7 Å². The second-order valence-corrected chi connectivity index (χ2v) is 14.6. The predicted molar refractivity (Wildman–Crippen MR) is 228 cm³/mol. The average molecular weight is 814 g/mol. The predicted octanol–water partition coefficient (Wildman–Crippen LogP) is 8.98. The maximum Gasteiger partial charge on any atom is 0.407 e. The molecular formula is C48H48ClN3O7. The van der Waals surface area contributed by atoms with Crippen LogP contribution in [0.15, 0.2) is 140 Å². The van der Waals surface area contributed by atoms with Crippen LogP contribution < -0.4 is 16.0 Å². The van der Waals surface area contributed by atoms with Crippen molar-refractivity contribution in [3.8, 4) is 11.1 Å². The molecule has 2 unspecified atom stereocenters. The number of rotatable bonds is 18. The van der Waals surface area contributed by atoms with Crippen molar-refractivity contribution in [1.82, 2.24) is 16.0 Å². The van der Waals surface area contributed by atoms with E-state index in [1.54, 1.807) is 6.07 Å². The molecule has 5 aromatic rings. The summed E-state index contributed by atoms with van der Waals surface area (Å²) in [5.74, 6) is -1.24. The van der Waals surface area contributed by atoms with E-state index in [1.807, 2.05) is 116 Å². The number of carbonyl (C=O) groups excluding carboxylic acids is 4. The van der Waals surface area contributed by atoms with Crippen LogP contribution in [0.3, 0.4) is 0 Å². The molecule has 5 aromatic carbocycles. The van der Waals surface area contributed by atoms with Crippen molar-refractivity contribution in [3.63, 3.8) is 0 Å². The number of ether oxygens (including phenoxy) is 3. The van der Waals surface area contributed by atoms with E-state index in [9.17, 15) is 19.2 Å². The van der Waals surface area contributed by atoms with Crippen LogP contribution in [0.1, 0.15) is 65.0 Å². The van der Waals surface area contributed by atoms with E-state index < -0.39 is 35.7 Å². The lowest BCUT2D eigenvalue weighted by molar-refractivity contribution is -0.153. The first kappa shape index (κ1) is 42.2. The minimum Gasteiger partial charge on any atom is -0.449 e. The van der Waals surface area contributed by atoms with Gasteiger partial charge in [-0.05, 0) is 54.5 Å². The molecule has 11 heteroatoms. The van der Waals surface area contributed by atoms with E-state index in [0.29, 0.717) is 41.1 Å². The Morgan fingerprint density at radius 3 is 2.03 bits per heavy atom. The lowest BCUT2D eigenvalue weighted by Crippen LogP contribution is -2.47. The first-order chi connectivity index (χ1) is 28.7. The van der Waals surface area contributed by atoms with E-state index >= 15 is 0 Å². The van der Waals surface area contributed by atoms with Gasteiger partial charge in [-0.3, -0.25) is 9.59 Å². The molecule has 1 aliphatic carbocycles. The Hall–Kier alpha value is -6.39. The second kappa shape index (κ2) is 20.3. The number of hydrogen-bond acceptors (Lipinski definition) is 7. The third-order valence-electron chi connectivity index (χ3n) is 10.3. The van der Waals surface area contributed by atoms with E-state index in [1.165, 1.54) is 6.08 Å². The summed E-state index contributed by atoms with van der Waals surface area (Å²) >= 11 is 6.82. The number of amides is 3. The molecule has 10 nitrogen and oxygen atoms in total. The maximum absolute atomic E-state index is 13.9. The number of benzene rings is 5. The molecule has 6 rings (SSSR count). The standard InChI is InChI=1S/C48H48ClN3O7/c1-3-31-57-46(55)51-29-14-13-23-43(52-47(56)58-32-40-38-19-9-7-17-36(38)37-18-8-10-20-39(37)40)45(54)50-30-28-44(53)59-48(34-15-5-4-6-16-34,35-26-24-33(2)25-27-35)41-21-11-12-22-42(41)49/h3-12,15-22,24-27,40,43H,1,13-14,23,28-32H2,2H3,(H,50,54)(H,51,55)(H,52,56). The Kier molecular flexibility index (Phi) is 14.6. The van der Waals surface area contributed by atoms with Crippen molar-refractivity contribution in [2.75, 3.05) is 26.3 Å². The van der Waals surface area contributed by atoms with E-state index in [4.69, 9.17) is 25.8 Å². The zero-order valence-electron chi connectivity index (χ0n) is 33.0. The molecule has 0 spiro atoms. The van der Waals surface area contributed by atoms with Gasteiger partial charge in [-0.25, -0.2) is 9.59 Å². The molecule has 0 fully saturated rings. The first-order valence-corrected chi connectivity index (χ1v) is 20.1. The van der Waals surface area contributed by atoms with Gasteiger partial charge in [0.15, 0.2) is 5.60 Å². The van der Waals surface area contributed by atoms with Gasteiger partial charge in [-0.15, -0.1) is 0 Å². The van der Waals surface area contributed by atoms with Gasteiger partial charge >= 0.3 is 18.2 Å². The Balaban J connectivity index is 1.13. The lowest BCUT2D eigenvalue weighted by atomic mass is 9.79. The van der Waals surface area contributed by atoms with Gasteiger partial charge in [0.2, 0.25) is 5.91 Å². The van der Waals surface area contributed by atoms with Crippen molar-refractivity contribution in [3.05, 3.63) is 178 Å². The highest BCUT2D eigenvalue weighted by Gasteiger charge is 2.42. The summed E-state index contributed by atoms with van der Waals surface area (Å²) in [5, 5.41) is 8.63. The fraction of sp³-hybridized carbons (Fsp3) is 0.250. The molecule has 1 aliphatic rings. The smallest absolute Gasteiger partial charge is 0.407 e. The highest BCUT2D eigenvalue weighted by atomic mass is 35.5. The van der Waals surface area contributed by atoms with E-state index in [-0.39, 0.29) is 38.5 Å². The van der Waals surface area contributed by atoms with Crippen LogP contribution >= 0.6 is 11.6 Å². The van der Waals surface area contributed by atoms with Crippen molar-refractivity contribution >= 4 is 35.7 Å². The maximum atomic E-state index is 13.9. The number of carbonyl (C=O) groups is 4. The molecule has 3 N–H and O–H groups in total. The number of esters is 1. The number of nitrogens with one attached hydrogen (secondary N) is 3. The fourth-order valence-electron chi connectivity index (χ4n) is 7.39. The number of alkyl carbamates (subject to hydrolysis) is 2. The summed E-state index contributed by atoms with van der Waals surface area (Å²) < 4.78 is 17.2. The molecular weight excluding hydrogens is 766 g/mol. The highest BCUT2D eigenvalue weighted by molar-refractivity contribution is 6.31. The van der Waals surface area contributed by atoms with Crippen molar-refractivity contribution in [1.29, 1.82) is 0 Å². The van der Waals surface area contributed by atoms with Gasteiger partial charge in [0, 0.05) is 40.7 Å². The second-order valence-electron chi connectivity index (χ2n) is 14.2. The lowest BCUT2D eigenvalue weighted by Gasteiger charge is -2.36. The number of aryl methyl sites for hydroxylation is 1. The molecule has 0 aliphatic heterocycles. The summed E-state index contributed by atoms with van der Waals surface area (Å²) in [6.07, 6.45) is 1.19. The molecule has 0 heterocycles. The summed E-state index contributed by atoms with van der Waals surface area (Å²) in [4.78, 5) is 52.8. The third-order valence-corrected chi connectivity index (χ3v) is 10.6. The van der Waals surface area contributed by atoms with Crippen LogP contribution in [0.2, 0.25) is 5.02 Å². The average Bonchev–Trinajstić information content (AvgIpc) is 3.57. The van der Waals surface area contributed by atoms with Crippen LogP contribution in [0.5, 0.6) is 0 Å². The zero-order chi connectivity index (χ0) is 41.6. The van der Waals surface area contributed by atoms with Gasteiger partial charge in [-0.2, -0.15) is 0 Å². The van der Waals surface area contributed by atoms with Gasteiger partial charge in [-0.1, -0.05) is 151 Å². The molecule has 0 aromatic heterocycles. The van der Waals surface area contributed by atoms with Gasteiger partial charge in [0.25, 0.3) is 0 Å². The largest absolute Gasteiger partial charge is 0.449 e. The van der Waals surface area contributed by atoms with Gasteiger partial charge in [0.1, 0.15) is 19.3 Å². The Bertz CT molecular complexity index is 2200. The minimum absolute atomic E-state index is 0.0709. The summed E-state index contributed by atoms with van der Waals surface area (Å²) in [6.45, 7) is 5.90. The minimum atomic E-state index is -1.39. The van der Waals surface area contributed by atoms with E-state index in [0.717, 1.165) is 27.8 Å². The highest BCUT2D eigenvalue weighted by Crippen LogP contribution is 2.45. The van der Waals surface area contributed by atoms with Gasteiger partial charge < -0.3 is 30.2 Å². The monoisotopic (exact) mass is 813 g/mol. The SMILES string of the molecule is C=CCOC(=O)NCCCCC(NC(=O)OCC1c2ccccc2-c2ccccc21)C(=O)NCCC(=O)OC(c1ccccc1)(c1ccc(C)cc1)c1ccccc1Cl. The number of hydrogen-bond donors (Lipinski definition) is 3. The third kappa shape index (κ3) is 10.4. The van der Waals surface area contributed by atoms with Crippen LogP contribution in [-0.2, 0) is 29.4 Å². The number of halogens is 1. The van der Waals surface area contributed by atoms with Crippen molar-refractivity contribution in [2.24, 2.45) is 0 Å². The molecule has 304 valence electrons. The Labute approximate surface area is 349 Å². The fourth-order valence-corrected chi connectivity index (χ4v) is 7.66. The van der Waals surface area contributed by atoms with Crippen LogP contribution in [-0.4, -0.2) is 56.4 Å². The Morgan fingerprint density at radius 2 is 1.36 bits per heavy atom.